The standard InChI is InChI=1S/C18H27O4PS.C10H18O/c1-20-16-9-10-22-18(11-16,21-2)17(13-24-14-19)23(3)12-15-7-5-4-6-8-15;1-2-3-4-5-6-7-8-9-10-11/h4-8,14,16-17H,9-13H2,1-3H3;4-5,10H,2-3,6-9H2,1H3/b;5-4+. The highest BCUT2D eigenvalue weighted by Gasteiger charge is 2.46. The van der Waals surface area contributed by atoms with Crippen molar-refractivity contribution in [2.45, 2.75) is 82.0 Å². The summed E-state index contributed by atoms with van der Waals surface area (Å²) in [5.74, 6) is 0.0486. The minimum Gasteiger partial charge on any atom is -0.381 e. The van der Waals surface area contributed by atoms with E-state index in [1.165, 1.54) is 30.2 Å². The molecule has 4 atom stereocenters. The lowest BCUT2D eigenvalue weighted by Crippen LogP contribution is -2.53. The number of carbonyl (C=O) groups is 2. The van der Waals surface area contributed by atoms with Gasteiger partial charge in [0.15, 0.2) is 11.4 Å². The van der Waals surface area contributed by atoms with Crippen LogP contribution in [0.5, 0.6) is 0 Å². The SMILES string of the molecule is CCC/C=C/CCCCC=O.COC1CCOC(OC)(C(CSC=O)P(C)Cc2ccccc2)C1. The van der Waals surface area contributed by atoms with E-state index in [9.17, 15) is 9.59 Å². The Kier molecular flexibility index (Phi) is 18.3. The monoisotopic (exact) mass is 524 g/mol. The third-order valence-corrected chi connectivity index (χ3v) is 9.59. The van der Waals surface area contributed by atoms with Crippen LogP contribution in [-0.2, 0) is 30.0 Å². The number of benzene rings is 1. The Morgan fingerprint density at radius 3 is 2.49 bits per heavy atom. The van der Waals surface area contributed by atoms with Crippen LogP contribution in [0.4, 0.5) is 0 Å². The maximum atomic E-state index is 11.0. The second-order valence-electron chi connectivity index (χ2n) is 8.77. The van der Waals surface area contributed by atoms with Crippen molar-refractivity contribution in [3.8, 4) is 0 Å². The first-order valence-corrected chi connectivity index (χ1v) is 15.8. The summed E-state index contributed by atoms with van der Waals surface area (Å²) in [6, 6.07) is 10.5. The Labute approximate surface area is 218 Å². The summed E-state index contributed by atoms with van der Waals surface area (Å²) in [5.41, 5.74) is 2.40. The molecule has 0 spiro atoms. The van der Waals surface area contributed by atoms with E-state index < -0.39 is 13.7 Å². The van der Waals surface area contributed by atoms with Crippen molar-refractivity contribution in [3.05, 3.63) is 48.0 Å². The molecule has 1 heterocycles. The van der Waals surface area contributed by atoms with E-state index in [2.05, 4.69) is 50.0 Å². The highest BCUT2D eigenvalue weighted by Crippen LogP contribution is 2.51. The lowest BCUT2D eigenvalue weighted by molar-refractivity contribution is -0.259. The van der Waals surface area contributed by atoms with Crippen LogP contribution in [0.2, 0.25) is 0 Å². The Morgan fingerprint density at radius 1 is 1.14 bits per heavy atom. The van der Waals surface area contributed by atoms with Crippen molar-refractivity contribution < 1.29 is 23.8 Å². The normalized spacial score (nSPS) is 21.7. The third kappa shape index (κ3) is 12.7. The van der Waals surface area contributed by atoms with Crippen LogP contribution in [0.3, 0.4) is 0 Å². The molecule has 0 aromatic heterocycles. The molecule has 198 valence electrons. The van der Waals surface area contributed by atoms with Gasteiger partial charge in [0.1, 0.15) is 6.29 Å². The summed E-state index contributed by atoms with van der Waals surface area (Å²) in [6.45, 7) is 5.08. The van der Waals surface area contributed by atoms with Crippen LogP contribution in [0.1, 0.15) is 63.9 Å². The summed E-state index contributed by atoms with van der Waals surface area (Å²) in [4.78, 5) is 20.9. The van der Waals surface area contributed by atoms with Gasteiger partial charge in [-0.15, -0.1) is 0 Å². The molecule has 0 N–H and O–H groups in total. The van der Waals surface area contributed by atoms with Gasteiger partial charge in [-0.2, -0.15) is 0 Å². The molecule has 1 aliphatic heterocycles. The molecule has 1 fully saturated rings. The molecule has 0 aliphatic carbocycles. The maximum Gasteiger partial charge on any atom is 0.177 e. The molecular formula is C28H45O5PS. The van der Waals surface area contributed by atoms with Crippen LogP contribution in [0, 0.1) is 0 Å². The number of ether oxygens (including phenoxy) is 3. The number of carbonyl (C=O) groups excluding carboxylic acids is 2. The molecule has 1 aliphatic rings. The maximum absolute atomic E-state index is 11.0. The zero-order chi connectivity index (χ0) is 25.8. The molecule has 2 rings (SSSR count). The average molecular weight is 525 g/mol. The fourth-order valence-electron chi connectivity index (χ4n) is 4.15. The molecular weight excluding hydrogens is 479 g/mol. The average Bonchev–Trinajstić information content (AvgIpc) is 2.89. The molecule has 35 heavy (non-hydrogen) atoms. The van der Waals surface area contributed by atoms with Gasteiger partial charge in [0.2, 0.25) is 0 Å². The fraction of sp³-hybridized carbons (Fsp3) is 0.643. The van der Waals surface area contributed by atoms with Crippen LogP contribution >= 0.6 is 19.7 Å². The fourth-order valence-corrected chi connectivity index (χ4v) is 7.90. The van der Waals surface area contributed by atoms with Gasteiger partial charge < -0.3 is 19.0 Å². The van der Waals surface area contributed by atoms with Crippen molar-refractivity contribution >= 4 is 31.6 Å². The van der Waals surface area contributed by atoms with Crippen molar-refractivity contribution in [1.82, 2.24) is 0 Å². The van der Waals surface area contributed by atoms with Crippen molar-refractivity contribution in [2.75, 3.05) is 33.2 Å². The highest BCUT2D eigenvalue weighted by atomic mass is 32.2. The molecule has 4 unspecified atom stereocenters. The summed E-state index contributed by atoms with van der Waals surface area (Å²) in [7, 11) is 3.03. The van der Waals surface area contributed by atoms with Crippen LogP contribution in [0.15, 0.2) is 42.5 Å². The van der Waals surface area contributed by atoms with Gasteiger partial charge in [-0.3, -0.25) is 4.79 Å². The number of unbranched alkanes of at least 4 members (excludes halogenated alkanes) is 4. The summed E-state index contributed by atoms with van der Waals surface area (Å²) in [6.07, 6.45) is 14.6. The van der Waals surface area contributed by atoms with E-state index in [0.717, 1.165) is 50.2 Å². The van der Waals surface area contributed by atoms with Gasteiger partial charge in [0.05, 0.1) is 12.7 Å². The lowest BCUT2D eigenvalue weighted by Gasteiger charge is -2.46. The van der Waals surface area contributed by atoms with E-state index >= 15 is 0 Å². The van der Waals surface area contributed by atoms with Gasteiger partial charge in [-0.05, 0) is 50.5 Å². The lowest BCUT2D eigenvalue weighted by atomic mass is 9.99. The Hall–Kier alpha value is -1.04. The minimum atomic E-state index is -0.663. The predicted molar refractivity (Wildman–Crippen MR) is 150 cm³/mol. The van der Waals surface area contributed by atoms with Gasteiger partial charge in [-0.25, -0.2) is 0 Å². The Balaban J connectivity index is 0.000000471. The van der Waals surface area contributed by atoms with E-state index in [1.807, 2.05) is 6.07 Å². The largest absolute Gasteiger partial charge is 0.381 e. The minimum absolute atomic E-state index is 0.141. The molecule has 0 bridgehead atoms. The number of hydrogen-bond acceptors (Lipinski definition) is 6. The topological polar surface area (TPSA) is 61.8 Å². The van der Waals surface area contributed by atoms with Crippen molar-refractivity contribution in [1.29, 1.82) is 0 Å². The number of rotatable bonds is 16. The summed E-state index contributed by atoms with van der Waals surface area (Å²) < 4.78 is 17.6. The zero-order valence-electron chi connectivity index (χ0n) is 22.0. The second kappa shape index (κ2) is 20.1. The van der Waals surface area contributed by atoms with E-state index in [4.69, 9.17) is 14.2 Å². The van der Waals surface area contributed by atoms with Gasteiger partial charge in [0.25, 0.3) is 0 Å². The number of thioether (sulfide) groups is 1. The van der Waals surface area contributed by atoms with Crippen molar-refractivity contribution in [2.24, 2.45) is 0 Å². The van der Waals surface area contributed by atoms with Crippen LogP contribution in [-0.4, -0.2) is 62.7 Å². The quantitative estimate of drug-likeness (QED) is 0.102. The van der Waals surface area contributed by atoms with Crippen molar-refractivity contribution in [3.63, 3.8) is 0 Å². The first-order valence-electron chi connectivity index (χ1n) is 12.7. The molecule has 5 nitrogen and oxygen atoms in total. The molecule has 0 amide bonds. The number of allylic oxidation sites excluding steroid dienone is 2. The van der Waals surface area contributed by atoms with Crippen LogP contribution < -0.4 is 0 Å². The molecule has 0 saturated carbocycles. The molecule has 1 aromatic rings. The molecule has 1 saturated heterocycles. The number of aldehydes is 1. The van der Waals surface area contributed by atoms with Gasteiger partial charge in [0, 0.05) is 38.5 Å². The van der Waals surface area contributed by atoms with E-state index in [1.54, 1.807) is 14.2 Å². The van der Waals surface area contributed by atoms with Gasteiger partial charge >= 0.3 is 0 Å². The Morgan fingerprint density at radius 2 is 1.86 bits per heavy atom. The highest BCUT2D eigenvalue weighted by molar-refractivity contribution is 8.12. The number of hydrogen-bond donors (Lipinski definition) is 0. The Bertz CT molecular complexity index is 702. The zero-order valence-corrected chi connectivity index (χ0v) is 23.7. The van der Waals surface area contributed by atoms with Gasteiger partial charge in [-0.1, -0.05) is 75.5 Å². The predicted octanol–water partition coefficient (Wildman–Crippen LogP) is 6.86. The first kappa shape index (κ1) is 32.0. The van der Waals surface area contributed by atoms with E-state index in [-0.39, 0.29) is 11.8 Å². The summed E-state index contributed by atoms with van der Waals surface area (Å²) in [5, 5.41) is 0. The second-order valence-corrected chi connectivity index (χ2v) is 12.1. The first-order chi connectivity index (χ1) is 17.1. The molecule has 7 heteroatoms. The third-order valence-electron chi connectivity index (χ3n) is 6.18. The smallest absolute Gasteiger partial charge is 0.177 e. The summed E-state index contributed by atoms with van der Waals surface area (Å²) >= 11 is 1.31. The number of methoxy groups -OCH3 is 2. The molecule has 1 aromatic carbocycles. The van der Waals surface area contributed by atoms with E-state index in [0.29, 0.717) is 18.8 Å². The van der Waals surface area contributed by atoms with Crippen LogP contribution in [0.25, 0.3) is 0 Å². The molecule has 0 radical (unpaired) electrons.